The van der Waals surface area contributed by atoms with Crippen LogP contribution in [0.4, 0.5) is 0 Å². The van der Waals surface area contributed by atoms with Crippen molar-refractivity contribution >= 4 is 23.2 Å². The summed E-state index contributed by atoms with van der Waals surface area (Å²) in [5.41, 5.74) is 0. The Morgan fingerprint density at radius 3 is 1.61 bits per heavy atom. The molecule has 18 heavy (non-hydrogen) atoms. The van der Waals surface area contributed by atoms with E-state index in [0.717, 1.165) is 4.90 Å². The molecule has 0 bridgehead atoms. The van der Waals surface area contributed by atoms with Crippen molar-refractivity contribution in [2.24, 2.45) is 0 Å². The minimum Gasteiger partial charge on any atom is -0.786 e. The van der Waals surface area contributed by atoms with Crippen molar-refractivity contribution in [3.63, 3.8) is 0 Å². The average molecular weight is 329 g/mol. The molecule has 0 spiro atoms. The molecule has 0 saturated heterocycles. The maximum atomic E-state index is 10.2. The Labute approximate surface area is 173 Å². The number of aliphatic carboxylic acids is 1. The predicted molar refractivity (Wildman–Crippen MR) is 41.9 cm³/mol. The average Bonchev–Trinajstić information content (AvgIpc) is 2.08. The van der Waals surface area contributed by atoms with Gasteiger partial charge in [-0.2, -0.15) is 0 Å². The van der Waals surface area contributed by atoms with Crippen LogP contribution in [0.2, 0.25) is 0 Å². The van der Waals surface area contributed by atoms with Crippen LogP contribution in [0, 0.1) is 0 Å². The van der Waals surface area contributed by atoms with Crippen LogP contribution in [0.5, 0.6) is 0 Å². The topological polar surface area (TPSA) is 148 Å². The van der Waals surface area contributed by atoms with Crippen molar-refractivity contribution in [2.75, 3.05) is 20.0 Å². The number of carboxylic acids is 1. The van der Waals surface area contributed by atoms with Crippen LogP contribution in [0.15, 0.2) is 0 Å². The van der Waals surface area contributed by atoms with Crippen molar-refractivity contribution in [3.05, 3.63) is 0 Å². The molecule has 0 aromatic rings. The number of carbonyl (C=O) groups excluding carboxylic acids is 1. The van der Waals surface area contributed by atoms with Gasteiger partial charge in [0.15, 0.2) is 0 Å². The van der Waals surface area contributed by atoms with Gasteiger partial charge in [-0.15, -0.1) is 0 Å². The molecule has 90 valence electrons. The maximum Gasteiger partial charge on any atom is 1.00 e. The summed E-state index contributed by atoms with van der Waals surface area (Å²) in [5, 5.41) is 10.2. The van der Waals surface area contributed by atoms with Crippen molar-refractivity contribution in [1.82, 2.24) is 4.90 Å². The van der Waals surface area contributed by atoms with E-state index in [1.807, 2.05) is 0 Å². The largest absolute Gasteiger partial charge is 1.00 e. The zero-order valence-corrected chi connectivity index (χ0v) is 18.1. The van der Waals surface area contributed by atoms with Crippen LogP contribution in [-0.4, -0.2) is 40.7 Å². The second-order valence-corrected chi connectivity index (χ2v) is 3.66. The minimum atomic E-state index is -2.88. The summed E-state index contributed by atoms with van der Waals surface area (Å²) >= 11 is 0. The summed E-state index contributed by atoms with van der Waals surface area (Å²) in [6.45, 7) is -1.74. The van der Waals surface area contributed by atoms with Crippen molar-refractivity contribution in [1.29, 1.82) is 0 Å². The van der Waals surface area contributed by atoms with Gasteiger partial charge in [-0.05, 0) is 0 Å². The van der Waals surface area contributed by atoms with E-state index in [0.29, 0.717) is 0 Å². The van der Waals surface area contributed by atoms with Crippen LogP contribution in [0.1, 0.15) is 0 Å². The molecule has 0 aliphatic heterocycles. The Hall–Kier alpha value is 3.05. The van der Waals surface area contributed by atoms with E-state index in [4.69, 9.17) is 9.79 Å². The first-order valence-electron chi connectivity index (χ1n) is 3.42. The van der Waals surface area contributed by atoms with E-state index >= 15 is 0 Å². The normalized spacial score (nSPS) is 12.7. The SMILES string of the molecule is O=C([O-])CN(COP([O-])O)COP([O-])O.[Na+].[Na+].[Na+]. The molecule has 2 atom stereocenters. The van der Waals surface area contributed by atoms with Crippen LogP contribution in [-0.2, 0) is 13.8 Å². The number of nitrogens with zero attached hydrogens (tertiary/aromatic N) is 1. The molecular formula is C4H8NNa3O8P2. The molecule has 0 aliphatic rings. The fourth-order valence-corrected chi connectivity index (χ4v) is 1.10. The Bertz CT molecular complexity index is 189. The molecule has 0 heterocycles. The summed E-state index contributed by atoms with van der Waals surface area (Å²) in [6, 6.07) is 0. The summed E-state index contributed by atoms with van der Waals surface area (Å²) in [6.07, 6.45) is 0. The van der Waals surface area contributed by atoms with Crippen molar-refractivity contribution < 1.29 is 127 Å². The summed E-state index contributed by atoms with van der Waals surface area (Å²) < 4.78 is 8.36. The van der Waals surface area contributed by atoms with Gasteiger partial charge in [0.05, 0.1) is 23.2 Å². The molecule has 0 amide bonds. The smallest absolute Gasteiger partial charge is 0.786 e. The third-order valence-corrected chi connectivity index (χ3v) is 1.73. The standard InChI is InChI=1S/C4H9NO8P2.3Na/c6-4(7)1-5(2-12-14(8)9)3-13-15(10)11;;;/h8,10H,1-3H2,(H,6,7);;;/q-2;3*+1/p-1. The quantitative estimate of drug-likeness (QED) is 0.251. The number of hydrogen-bond donors (Lipinski definition) is 2. The summed E-state index contributed by atoms with van der Waals surface area (Å²) in [5.74, 6) is -1.48. The molecule has 0 saturated carbocycles. The molecule has 2 N–H and O–H groups in total. The third-order valence-electron chi connectivity index (χ3n) is 1.05. The van der Waals surface area contributed by atoms with Gasteiger partial charge in [-0.1, -0.05) is 0 Å². The third kappa shape index (κ3) is 21.4. The summed E-state index contributed by atoms with van der Waals surface area (Å²) in [4.78, 5) is 47.8. The first-order valence-corrected chi connectivity index (χ1v) is 5.68. The van der Waals surface area contributed by atoms with Crippen LogP contribution in [0.25, 0.3) is 0 Å². The molecule has 2 unspecified atom stereocenters. The van der Waals surface area contributed by atoms with Gasteiger partial charge in [0, 0.05) is 6.54 Å². The number of carboxylic acid groups (broad SMARTS) is 1. The zero-order valence-electron chi connectivity index (χ0n) is 10.3. The molecule has 0 aliphatic carbocycles. The van der Waals surface area contributed by atoms with E-state index in [-0.39, 0.29) is 88.7 Å². The molecule has 14 heteroatoms. The van der Waals surface area contributed by atoms with Crippen LogP contribution >= 0.6 is 17.2 Å². The molecule has 9 nitrogen and oxygen atoms in total. The molecule has 0 radical (unpaired) electrons. The Kier molecular flexibility index (Phi) is 29.3. The fourth-order valence-electron chi connectivity index (χ4n) is 0.573. The first kappa shape index (κ1) is 29.1. The van der Waals surface area contributed by atoms with Gasteiger partial charge >= 0.3 is 88.7 Å². The Morgan fingerprint density at radius 1 is 1.06 bits per heavy atom. The van der Waals surface area contributed by atoms with Gasteiger partial charge in [0.25, 0.3) is 0 Å². The van der Waals surface area contributed by atoms with Gasteiger partial charge in [0.2, 0.25) is 0 Å². The van der Waals surface area contributed by atoms with Crippen molar-refractivity contribution in [3.8, 4) is 0 Å². The maximum absolute atomic E-state index is 10.2. The number of carbonyl (C=O) groups is 1. The minimum absolute atomic E-state index is 0. The second-order valence-electron chi connectivity index (χ2n) is 2.19. The zero-order chi connectivity index (χ0) is 11.8. The van der Waals surface area contributed by atoms with Gasteiger partial charge in [0.1, 0.15) is 13.5 Å². The Morgan fingerprint density at radius 2 is 1.39 bits per heavy atom. The van der Waals surface area contributed by atoms with E-state index in [1.165, 1.54) is 0 Å². The second kappa shape index (κ2) is 18.1. The molecule has 0 aromatic heterocycles. The van der Waals surface area contributed by atoms with E-state index < -0.39 is 43.2 Å². The van der Waals surface area contributed by atoms with Crippen molar-refractivity contribution in [2.45, 2.75) is 0 Å². The molecule has 0 fully saturated rings. The van der Waals surface area contributed by atoms with Gasteiger partial charge < -0.3 is 38.5 Å². The summed E-state index contributed by atoms with van der Waals surface area (Å²) in [7, 11) is -5.76. The van der Waals surface area contributed by atoms with E-state index in [2.05, 4.69) is 9.05 Å². The van der Waals surface area contributed by atoms with Gasteiger partial charge in [-0.3, -0.25) is 4.90 Å². The molecular weight excluding hydrogens is 321 g/mol. The van der Waals surface area contributed by atoms with Gasteiger partial charge in [-0.25, -0.2) is 0 Å². The number of rotatable bonds is 8. The molecule has 0 aromatic carbocycles. The molecule has 0 rings (SSSR count). The van der Waals surface area contributed by atoms with Crippen LogP contribution in [0.3, 0.4) is 0 Å². The fraction of sp³-hybridized carbons (Fsp3) is 0.750. The Balaban J connectivity index is -0.000000327. The number of hydrogen-bond acceptors (Lipinski definition) is 9. The predicted octanol–water partition coefficient (Wildman–Crippen LogP) is -12.8. The first-order chi connectivity index (χ1) is 6.91. The van der Waals surface area contributed by atoms with E-state index in [1.54, 1.807) is 0 Å². The van der Waals surface area contributed by atoms with E-state index in [9.17, 15) is 19.7 Å². The van der Waals surface area contributed by atoms with Crippen LogP contribution < -0.4 is 104 Å². The monoisotopic (exact) mass is 329 g/mol.